The van der Waals surface area contributed by atoms with Crippen LogP contribution < -0.4 is 0 Å². The molecular formula is C21H24N2O6. The summed E-state index contributed by atoms with van der Waals surface area (Å²) in [6.07, 6.45) is -0.164. The van der Waals surface area contributed by atoms with Crippen LogP contribution in [0.25, 0.3) is 5.69 Å². The summed E-state index contributed by atoms with van der Waals surface area (Å²) in [4.78, 5) is 38.1. The molecule has 0 bridgehead atoms. The Kier molecular flexibility index (Phi) is 5.13. The summed E-state index contributed by atoms with van der Waals surface area (Å²) in [6.45, 7) is 5.13. The van der Waals surface area contributed by atoms with Crippen LogP contribution in [0.1, 0.15) is 44.9 Å². The van der Waals surface area contributed by atoms with Crippen LogP contribution in [0.15, 0.2) is 42.6 Å². The lowest BCUT2D eigenvalue weighted by Crippen LogP contribution is -2.52. The smallest absolute Gasteiger partial charge is 0.411 e. The van der Waals surface area contributed by atoms with Gasteiger partial charge in [0, 0.05) is 11.9 Å². The average molecular weight is 400 g/mol. The Morgan fingerprint density at radius 2 is 1.66 bits per heavy atom. The molecule has 3 rings (SSSR count). The van der Waals surface area contributed by atoms with Gasteiger partial charge in [0.2, 0.25) is 0 Å². The van der Waals surface area contributed by atoms with Gasteiger partial charge in [-0.15, -0.1) is 0 Å². The quantitative estimate of drug-likeness (QED) is 0.814. The number of rotatable bonds is 4. The standard InChI is InChI=1S/C21H24N2O6/c1-20(2,3)29-19(28)23-13-14-7-4-5-8-15(14)22-10-6-9-16(22)21(23,11-17(24)25)12-18(26)27/h4-10H,11-13H2,1-3H3,(H,24,25)(H,26,27). The highest BCUT2D eigenvalue weighted by atomic mass is 16.6. The lowest BCUT2D eigenvalue weighted by Gasteiger charge is -2.41. The molecule has 154 valence electrons. The van der Waals surface area contributed by atoms with Crippen molar-refractivity contribution in [1.82, 2.24) is 9.47 Å². The van der Waals surface area contributed by atoms with Crippen molar-refractivity contribution in [2.24, 2.45) is 0 Å². The molecule has 0 atom stereocenters. The summed E-state index contributed by atoms with van der Waals surface area (Å²) in [5.41, 5.74) is -0.517. The fourth-order valence-electron chi connectivity index (χ4n) is 3.80. The maximum absolute atomic E-state index is 13.2. The van der Waals surface area contributed by atoms with Gasteiger partial charge in [0.05, 0.1) is 25.1 Å². The highest BCUT2D eigenvalue weighted by Gasteiger charge is 2.49. The number of fused-ring (bicyclic) bond motifs is 3. The second kappa shape index (κ2) is 7.27. The Balaban J connectivity index is 2.28. The molecule has 2 aromatic rings. The zero-order valence-corrected chi connectivity index (χ0v) is 16.6. The number of aliphatic carboxylic acids is 2. The predicted molar refractivity (Wildman–Crippen MR) is 104 cm³/mol. The summed E-state index contributed by atoms with van der Waals surface area (Å²) in [5, 5.41) is 19.3. The first-order chi connectivity index (χ1) is 13.5. The normalized spacial score (nSPS) is 15.1. The Morgan fingerprint density at radius 3 is 2.24 bits per heavy atom. The Morgan fingerprint density at radius 1 is 1.03 bits per heavy atom. The minimum Gasteiger partial charge on any atom is -0.481 e. The lowest BCUT2D eigenvalue weighted by atomic mass is 9.85. The molecule has 1 aromatic heterocycles. The molecule has 0 fully saturated rings. The van der Waals surface area contributed by atoms with Crippen LogP contribution in [0.3, 0.4) is 0 Å². The van der Waals surface area contributed by atoms with Crippen LogP contribution in [0.2, 0.25) is 0 Å². The van der Waals surface area contributed by atoms with Crippen molar-refractivity contribution in [3.8, 4) is 5.69 Å². The Hall–Kier alpha value is -3.29. The molecule has 0 spiro atoms. The number of benzene rings is 1. The molecule has 0 radical (unpaired) electrons. The molecule has 0 aliphatic carbocycles. The minimum atomic E-state index is -1.62. The van der Waals surface area contributed by atoms with Gasteiger partial charge in [-0.3, -0.25) is 14.5 Å². The van der Waals surface area contributed by atoms with Crippen LogP contribution in [0.4, 0.5) is 4.79 Å². The van der Waals surface area contributed by atoms with E-state index in [9.17, 15) is 24.6 Å². The molecule has 8 nitrogen and oxygen atoms in total. The molecule has 1 aliphatic rings. The molecule has 2 N–H and O–H groups in total. The number of carboxylic acid groups (broad SMARTS) is 2. The van der Waals surface area contributed by atoms with Crippen molar-refractivity contribution in [1.29, 1.82) is 0 Å². The van der Waals surface area contributed by atoms with Crippen molar-refractivity contribution >= 4 is 18.0 Å². The van der Waals surface area contributed by atoms with Crippen molar-refractivity contribution in [2.45, 2.75) is 51.3 Å². The molecule has 0 unspecified atom stereocenters. The van der Waals surface area contributed by atoms with E-state index in [1.807, 2.05) is 24.3 Å². The SMILES string of the molecule is CC(C)(C)OC(=O)N1Cc2ccccc2-n2cccc2C1(CC(=O)O)CC(=O)O. The monoisotopic (exact) mass is 400 g/mol. The molecule has 1 aromatic carbocycles. The maximum atomic E-state index is 13.2. The fraction of sp³-hybridized carbons (Fsp3) is 0.381. The van der Waals surface area contributed by atoms with Gasteiger partial charge in [-0.25, -0.2) is 4.79 Å². The second-order valence-electron chi connectivity index (χ2n) is 8.13. The number of carbonyl (C=O) groups excluding carboxylic acids is 1. The van der Waals surface area contributed by atoms with Crippen LogP contribution in [-0.2, 0) is 26.4 Å². The van der Waals surface area contributed by atoms with Gasteiger partial charge in [0.15, 0.2) is 0 Å². The van der Waals surface area contributed by atoms with E-state index < -0.39 is 42.0 Å². The van der Waals surface area contributed by atoms with E-state index in [-0.39, 0.29) is 6.54 Å². The van der Waals surface area contributed by atoms with Crippen molar-refractivity contribution < 1.29 is 29.3 Å². The van der Waals surface area contributed by atoms with Crippen LogP contribution in [0.5, 0.6) is 0 Å². The van der Waals surface area contributed by atoms with E-state index in [2.05, 4.69) is 0 Å². The first kappa shape index (κ1) is 20.4. The number of carboxylic acids is 2. The highest BCUT2D eigenvalue weighted by molar-refractivity contribution is 5.78. The van der Waals surface area contributed by atoms with Gasteiger partial charge in [-0.2, -0.15) is 0 Å². The van der Waals surface area contributed by atoms with E-state index in [1.165, 1.54) is 4.90 Å². The summed E-state index contributed by atoms with van der Waals surface area (Å²) in [6, 6.07) is 10.7. The molecular weight excluding hydrogens is 376 g/mol. The average Bonchev–Trinajstić information content (AvgIpc) is 3.03. The van der Waals surface area contributed by atoms with Gasteiger partial charge in [-0.05, 0) is 44.5 Å². The van der Waals surface area contributed by atoms with E-state index in [0.29, 0.717) is 5.69 Å². The molecule has 29 heavy (non-hydrogen) atoms. The van der Waals surface area contributed by atoms with Gasteiger partial charge >= 0.3 is 18.0 Å². The van der Waals surface area contributed by atoms with Crippen LogP contribution in [-0.4, -0.2) is 43.3 Å². The number of nitrogens with zero attached hydrogens (tertiary/aromatic N) is 2. The minimum absolute atomic E-state index is 0.0212. The number of amides is 1. The highest BCUT2D eigenvalue weighted by Crippen LogP contribution is 2.42. The van der Waals surface area contributed by atoms with Crippen molar-refractivity contribution in [2.75, 3.05) is 0 Å². The summed E-state index contributed by atoms with van der Waals surface area (Å²) in [7, 11) is 0. The summed E-state index contributed by atoms with van der Waals surface area (Å²) < 4.78 is 7.31. The van der Waals surface area contributed by atoms with Gasteiger partial charge in [0.25, 0.3) is 0 Å². The predicted octanol–water partition coefficient (Wildman–Crippen LogP) is 3.37. The van der Waals surface area contributed by atoms with Crippen molar-refractivity contribution in [3.05, 3.63) is 53.9 Å². The van der Waals surface area contributed by atoms with E-state index in [0.717, 1.165) is 11.3 Å². The van der Waals surface area contributed by atoms with Crippen molar-refractivity contribution in [3.63, 3.8) is 0 Å². The molecule has 8 heteroatoms. The third-order valence-corrected chi connectivity index (χ3v) is 4.82. The molecule has 0 saturated heterocycles. The lowest BCUT2D eigenvalue weighted by molar-refractivity contribution is -0.145. The third-order valence-electron chi connectivity index (χ3n) is 4.82. The summed E-state index contributed by atoms with van der Waals surface area (Å²) in [5.74, 6) is -2.42. The molecule has 1 amide bonds. The van der Waals surface area contributed by atoms with E-state index in [4.69, 9.17) is 4.74 Å². The van der Waals surface area contributed by atoms with Gasteiger partial charge in [-0.1, -0.05) is 18.2 Å². The zero-order valence-electron chi connectivity index (χ0n) is 16.6. The third kappa shape index (κ3) is 3.96. The van der Waals surface area contributed by atoms with Gasteiger partial charge < -0.3 is 19.5 Å². The zero-order chi connectivity index (χ0) is 21.4. The summed E-state index contributed by atoms with van der Waals surface area (Å²) >= 11 is 0. The molecule has 2 heterocycles. The number of ether oxygens (including phenoxy) is 1. The number of hydrogen-bond donors (Lipinski definition) is 2. The second-order valence-corrected chi connectivity index (χ2v) is 8.13. The largest absolute Gasteiger partial charge is 0.481 e. The molecule has 1 aliphatic heterocycles. The van der Waals surface area contributed by atoms with E-state index >= 15 is 0 Å². The van der Waals surface area contributed by atoms with E-state index in [1.54, 1.807) is 43.7 Å². The Bertz CT molecular complexity index is 940. The topological polar surface area (TPSA) is 109 Å². The number of aromatic nitrogens is 1. The number of para-hydroxylation sites is 1. The molecule has 0 saturated carbocycles. The number of hydrogen-bond acceptors (Lipinski definition) is 4. The van der Waals surface area contributed by atoms with Crippen LogP contribution in [0, 0.1) is 0 Å². The fourth-order valence-corrected chi connectivity index (χ4v) is 3.80. The van der Waals surface area contributed by atoms with Gasteiger partial charge in [0.1, 0.15) is 11.1 Å². The first-order valence-corrected chi connectivity index (χ1v) is 9.24. The Labute approximate surface area is 168 Å². The van der Waals surface area contributed by atoms with Crippen LogP contribution >= 0.6 is 0 Å². The maximum Gasteiger partial charge on any atom is 0.411 e. The number of carbonyl (C=O) groups is 3. The first-order valence-electron chi connectivity index (χ1n) is 9.24.